The van der Waals surface area contributed by atoms with Crippen molar-refractivity contribution in [2.45, 2.75) is 39.7 Å². The molecule has 6 nitrogen and oxygen atoms in total. The molecular weight excluding hydrogens is 330 g/mol. The number of aromatic carboxylic acids is 1. The number of amides is 2. The molecule has 1 aromatic rings. The fourth-order valence-electron chi connectivity index (χ4n) is 3.10. The van der Waals surface area contributed by atoms with E-state index in [1.807, 2.05) is 0 Å². The van der Waals surface area contributed by atoms with Crippen LogP contribution in [0.1, 0.15) is 49.0 Å². The maximum atomic E-state index is 11.9. The van der Waals surface area contributed by atoms with Gasteiger partial charge in [0.05, 0.1) is 5.56 Å². The number of urea groups is 1. The Morgan fingerprint density at radius 2 is 1.81 bits per heavy atom. The number of carboxylic acid groups (broad SMARTS) is 1. The van der Waals surface area contributed by atoms with Crippen LogP contribution in [0.4, 0.5) is 4.79 Å². The number of carbonyl (C=O) groups is 2. The molecule has 0 unspecified atom stereocenters. The SMILES string of the molecule is CC(C)CCN1CCC(CNC(=O)NCc2ccc(C(=O)O)cc2)CC1. The predicted molar refractivity (Wildman–Crippen MR) is 102 cm³/mol. The summed E-state index contributed by atoms with van der Waals surface area (Å²) < 4.78 is 0. The van der Waals surface area contributed by atoms with Crippen molar-refractivity contribution in [1.29, 1.82) is 0 Å². The first kappa shape index (κ1) is 20.2. The van der Waals surface area contributed by atoms with E-state index in [0.717, 1.165) is 37.4 Å². The summed E-state index contributed by atoms with van der Waals surface area (Å²) in [5.41, 5.74) is 1.13. The Morgan fingerprint density at radius 1 is 1.15 bits per heavy atom. The Hall–Kier alpha value is -2.08. The molecule has 2 amide bonds. The highest BCUT2D eigenvalue weighted by atomic mass is 16.4. The van der Waals surface area contributed by atoms with Gasteiger partial charge in [-0.1, -0.05) is 26.0 Å². The van der Waals surface area contributed by atoms with Gasteiger partial charge in [-0.15, -0.1) is 0 Å². The van der Waals surface area contributed by atoms with Crippen LogP contribution in [0.2, 0.25) is 0 Å². The Labute approximate surface area is 156 Å². The zero-order valence-corrected chi connectivity index (χ0v) is 15.8. The van der Waals surface area contributed by atoms with E-state index in [4.69, 9.17) is 5.11 Å². The summed E-state index contributed by atoms with van der Waals surface area (Å²) in [6, 6.07) is 6.36. The average molecular weight is 361 g/mol. The molecule has 0 radical (unpaired) electrons. The number of rotatable bonds is 8. The van der Waals surface area contributed by atoms with Gasteiger partial charge in [-0.05, 0) is 68.4 Å². The van der Waals surface area contributed by atoms with E-state index in [-0.39, 0.29) is 11.6 Å². The summed E-state index contributed by atoms with van der Waals surface area (Å²) in [6.07, 6.45) is 3.52. The van der Waals surface area contributed by atoms with Crippen molar-refractivity contribution in [2.24, 2.45) is 11.8 Å². The van der Waals surface area contributed by atoms with Crippen LogP contribution in [0.5, 0.6) is 0 Å². The number of nitrogens with one attached hydrogen (secondary N) is 2. The molecule has 2 rings (SSSR count). The maximum absolute atomic E-state index is 11.9. The summed E-state index contributed by atoms with van der Waals surface area (Å²) in [5, 5.41) is 14.7. The Bertz CT molecular complexity index is 578. The third kappa shape index (κ3) is 7.04. The molecule has 1 aliphatic rings. The van der Waals surface area contributed by atoms with E-state index in [0.29, 0.717) is 19.0 Å². The van der Waals surface area contributed by atoms with Crippen molar-refractivity contribution in [3.8, 4) is 0 Å². The highest BCUT2D eigenvalue weighted by molar-refractivity contribution is 5.87. The maximum Gasteiger partial charge on any atom is 0.335 e. The van der Waals surface area contributed by atoms with Gasteiger partial charge in [0.15, 0.2) is 0 Å². The van der Waals surface area contributed by atoms with Gasteiger partial charge < -0.3 is 20.6 Å². The van der Waals surface area contributed by atoms with Gasteiger partial charge >= 0.3 is 12.0 Å². The van der Waals surface area contributed by atoms with Crippen LogP contribution in [0.3, 0.4) is 0 Å². The Morgan fingerprint density at radius 3 is 2.38 bits per heavy atom. The molecule has 6 heteroatoms. The van der Waals surface area contributed by atoms with Crippen LogP contribution in [0, 0.1) is 11.8 Å². The van der Waals surface area contributed by atoms with E-state index < -0.39 is 5.97 Å². The summed E-state index contributed by atoms with van der Waals surface area (Å²) in [6.45, 7) is 9.04. The summed E-state index contributed by atoms with van der Waals surface area (Å²) >= 11 is 0. The number of nitrogens with zero attached hydrogens (tertiary/aromatic N) is 1. The van der Waals surface area contributed by atoms with Gasteiger partial charge in [0.25, 0.3) is 0 Å². The third-order valence-electron chi connectivity index (χ3n) is 4.94. The fraction of sp³-hybridized carbons (Fsp3) is 0.600. The van der Waals surface area contributed by atoms with E-state index >= 15 is 0 Å². The molecule has 1 saturated heterocycles. The van der Waals surface area contributed by atoms with Crippen LogP contribution >= 0.6 is 0 Å². The molecule has 1 aromatic carbocycles. The zero-order valence-electron chi connectivity index (χ0n) is 15.8. The van der Waals surface area contributed by atoms with Gasteiger partial charge in [-0.2, -0.15) is 0 Å². The first-order chi connectivity index (χ1) is 12.4. The van der Waals surface area contributed by atoms with E-state index in [1.54, 1.807) is 24.3 Å². The normalized spacial score (nSPS) is 15.8. The molecule has 0 saturated carbocycles. The smallest absolute Gasteiger partial charge is 0.335 e. The Kier molecular flexibility index (Phi) is 7.91. The average Bonchev–Trinajstić information content (AvgIpc) is 2.64. The van der Waals surface area contributed by atoms with Crippen molar-refractivity contribution in [3.05, 3.63) is 35.4 Å². The number of carboxylic acids is 1. The van der Waals surface area contributed by atoms with Crippen molar-refractivity contribution in [2.75, 3.05) is 26.2 Å². The molecular formula is C20H31N3O3. The Balaban J connectivity index is 1.61. The highest BCUT2D eigenvalue weighted by Crippen LogP contribution is 2.17. The lowest BCUT2D eigenvalue weighted by Gasteiger charge is -2.32. The monoisotopic (exact) mass is 361 g/mol. The second-order valence-corrected chi connectivity index (χ2v) is 7.53. The largest absolute Gasteiger partial charge is 0.478 e. The highest BCUT2D eigenvalue weighted by Gasteiger charge is 2.19. The standard InChI is InChI=1S/C20H31N3O3/c1-15(2)7-10-23-11-8-17(9-12-23)14-22-20(26)21-13-16-3-5-18(6-4-16)19(24)25/h3-6,15,17H,7-14H2,1-2H3,(H,24,25)(H2,21,22,26). The first-order valence-corrected chi connectivity index (χ1v) is 9.50. The number of carbonyl (C=O) groups excluding carboxylic acids is 1. The second kappa shape index (κ2) is 10.2. The molecule has 26 heavy (non-hydrogen) atoms. The number of hydrogen-bond acceptors (Lipinski definition) is 3. The molecule has 0 aliphatic carbocycles. The van der Waals surface area contributed by atoms with Crippen molar-refractivity contribution < 1.29 is 14.7 Å². The molecule has 1 aliphatic heterocycles. The van der Waals surface area contributed by atoms with Gasteiger partial charge in [-0.3, -0.25) is 0 Å². The quantitative estimate of drug-likeness (QED) is 0.665. The number of benzene rings is 1. The van der Waals surface area contributed by atoms with Gasteiger partial charge in [0.2, 0.25) is 0 Å². The van der Waals surface area contributed by atoms with Gasteiger partial charge in [0, 0.05) is 13.1 Å². The second-order valence-electron chi connectivity index (χ2n) is 7.53. The first-order valence-electron chi connectivity index (χ1n) is 9.50. The minimum Gasteiger partial charge on any atom is -0.478 e. The van der Waals surface area contributed by atoms with Crippen LogP contribution in [0.25, 0.3) is 0 Å². The zero-order chi connectivity index (χ0) is 18.9. The molecule has 1 heterocycles. The molecule has 1 fully saturated rings. The molecule has 0 atom stereocenters. The van der Waals surface area contributed by atoms with E-state index in [2.05, 4.69) is 29.4 Å². The lowest BCUT2D eigenvalue weighted by Crippen LogP contribution is -2.42. The minimum absolute atomic E-state index is 0.172. The fourth-order valence-corrected chi connectivity index (χ4v) is 3.10. The summed E-state index contributed by atoms with van der Waals surface area (Å²) in [5.74, 6) is 0.349. The lowest BCUT2D eigenvalue weighted by molar-refractivity contribution is 0.0697. The minimum atomic E-state index is -0.947. The van der Waals surface area contributed by atoms with Gasteiger partial charge in [0.1, 0.15) is 0 Å². The number of piperidine rings is 1. The summed E-state index contributed by atoms with van der Waals surface area (Å²) in [4.78, 5) is 25.3. The summed E-state index contributed by atoms with van der Waals surface area (Å²) in [7, 11) is 0. The van der Waals surface area contributed by atoms with E-state index in [1.165, 1.54) is 13.0 Å². The molecule has 0 bridgehead atoms. The number of likely N-dealkylation sites (tertiary alicyclic amines) is 1. The molecule has 3 N–H and O–H groups in total. The third-order valence-corrected chi connectivity index (χ3v) is 4.94. The number of hydrogen-bond donors (Lipinski definition) is 3. The molecule has 144 valence electrons. The van der Waals surface area contributed by atoms with E-state index in [9.17, 15) is 9.59 Å². The lowest BCUT2D eigenvalue weighted by atomic mass is 9.96. The van der Waals surface area contributed by atoms with Crippen LogP contribution in [-0.2, 0) is 6.54 Å². The van der Waals surface area contributed by atoms with Crippen molar-refractivity contribution >= 4 is 12.0 Å². The molecule has 0 spiro atoms. The predicted octanol–water partition coefficient (Wildman–Crippen LogP) is 2.94. The van der Waals surface area contributed by atoms with Crippen molar-refractivity contribution in [1.82, 2.24) is 15.5 Å². The van der Waals surface area contributed by atoms with Crippen molar-refractivity contribution in [3.63, 3.8) is 0 Å². The van der Waals surface area contributed by atoms with Crippen LogP contribution in [0.15, 0.2) is 24.3 Å². The molecule has 0 aromatic heterocycles. The van der Waals surface area contributed by atoms with Crippen LogP contribution in [-0.4, -0.2) is 48.2 Å². The van der Waals surface area contributed by atoms with Gasteiger partial charge in [-0.25, -0.2) is 9.59 Å². The topological polar surface area (TPSA) is 81.7 Å². The van der Waals surface area contributed by atoms with Crippen LogP contribution < -0.4 is 10.6 Å².